The third-order valence-electron chi connectivity index (χ3n) is 4.48. The van der Waals surface area contributed by atoms with Crippen LogP contribution in [0.3, 0.4) is 0 Å². The van der Waals surface area contributed by atoms with Crippen molar-refractivity contribution in [2.24, 2.45) is 0 Å². The lowest BCUT2D eigenvalue weighted by molar-refractivity contribution is 0.101. The van der Waals surface area contributed by atoms with Crippen molar-refractivity contribution in [3.63, 3.8) is 0 Å². The van der Waals surface area contributed by atoms with Gasteiger partial charge in [-0.25, -0.2) is 9.07 Å². The minimum absolute atomic E-state index is 0.128. The summed E-state index contributed by atoms with van der Waals surface area (Å²) >= 11 is 6.19. The quantitative estimate of drug-likeness (QED) is 0.430. The summed E-state index contributed by atoms with van der Waals surface area (Å²) < 4.78 is 27.1. The highest BCUT2D eigenvalue weighted by Gasteiger charge is 2.15. The van der Waals surface area contributed by atoms with Gasteiger partial charge in [-0.3, -0.25) is 9.48 Å². The summed E-state index contributed by atoms with van der Waals surface area (Å²) in [4.78, 5) is 12.5. The molecule has 0 aliphatic carbocycles. The molecule has 8 nitrogen and oxygen atoms in total. The first-order valence-electron chi connectivity index (χ1n) is 9.59. The molecule has 2 heterocycles. The maximum Gasteiger partial charge on any atom is 0.277 e. The molecular weight excluding hydrogens is 437 g/mol. The number of methoxy groups -OCH3 is 1. The highest BCUT2D eigenvalue weighted by molar-refractivity contribution is 6.33. The summed E-state index contributed by atoms with van der Waals surface area (Å²) in [5.74, 6) is 0.763. The van der Waals surface area contributed by atoms with Crippen LogP contribution in [0.15, 0.2) is 67.0 Å². The highest BCUT2D eigenvalue weighted by atomic mass is 35.5. The fraction of sp³-hybridized carbons (Fsp3) is 0.136. The van der Waals surface area contributed by atoms with Gasteiger partial charge in [-0.2, -0.15) is 10.2 Å². The topological polar surface area (TPSA) is 83.2 Å². The van der Waals surface area contributed by atoms with E-state index in [0.29, 0.717) is 12.3 Å². The van der Waals surface area contributed by atoms with Crippen LogP contribution in [0.25, 0.3) is 0 Å². The highest BCUT2D eigenvalue weighted by Crippen LogP contribution is 2.21. The average Bonchev–Trinajstić information content (AvgIpc) is 3.39. The number of aromatic nitrogens is 4. The number of nitrogens with zero attached hydrogens (tertiary/aromatic N) is 4. The van der Waals surface area contributed by atoms with Crippen LogP contribution in [0.1, 0.15) is 16.1 Å². The molecule has 1 N–H and O–H groups in total. The third-order valence-corrected chi connectivity index (χ3v) is 4.76. The second-order valence-corrected chi connectivity index (χ2v) is 7.20. The largest absolute Gasteiger partial charge is 0.497 e. The van der Waals surface area contributed by atoms with Crippen LogP contribution in [0, 0.1) is 5.82 Å². The lowest BCUT2D eigenvalue weighted by Gasteiger charge is -2.07. The number of amides is 1. The fourth-order valence-electron chi connectivity index (χ4n) is 2.92. The summed E-state index contributed by atoms with van der Waals surface area (Å²) in [5.41, 5.74) is 0.900. The van der Waals surface area contributed by atoms with Crippen molar-refractivity contribution in [2.45, 2.75) is 13.3 Å². The minimum atomic E-state index is -0.467. The number of hydrogen-bond acceptors (Lipinski definition) is 5. The van der Waals surface area contributed by atoms with Gasteiger partial charge in [-0.1, -0.05) is 23.7 Å². The van der Waals surface area contributed by atoms with Crippen molar-refractivity contribution >= 4 is 23.3 Å². The van der Waals surface area contributed by atoms with Gasteiger partial charge in [0.2, 0.25) is 0 Å². The smallest absolute Gasteiger partial charge is 0.277 e. The zero-order valence-electron chi connectivity index (χ0n) is 17.0. The van der Waals surface area contributed by atoms with E-state index in [1.807, 2.05) is 0 Å². The maximum absolute atomic E-state index is 13.4. The van der Waals surface area contributed by atoms with Crippen LogP contribution in [-0.4, -0.2) is 32.6 Å². The summed E-state index contributed by atoms with van der Waals surface area (Å²) in [6, 6.07) is 14.9. The number of anilines is 1. The van der Waals surface area contributed by atoms with Crippen LogP contribution in [0.2, 0.25) is 5.02 Å². The first kappa shape index (κ1) is 21.4. The van der Waals surface area contributed by atoms with E-state index in [9.17, 15) is 9.18 Å². The molecule has 0 atom stereocenters. The average molecular weight is 456 g/mol. The second kappa shape index (κ2) is 9.52. The summed E-state index contributed by atoms with van der Waals surface area (Å²) in [5, 5.41) is 11.4. The molecule has 0 bridgehead atoms. The number of nitrogens with one attached hydrogen (secondary N) is 1. The zero-order chi connectivity index (χ0) is 22.5. The third kappa shape index (κ3) is 5.25. The van der Waals surface area contributed by atoms with E-state index in [1.54, 1.807) is 62.0 Å². The maximum atomic E-state index is 13.4. The van der Waals surface area contributed by atoms with Gasteiger partial charge in [0.25, 0.3) is 5.91 Å². The van der Waals surface area contributed by atoms with Gasteiger partial charge in [0, 0.05) is 12.4 Å². The normalized spacial score (nSPS) is 10.7. The Bertz CT molecular complexity index is 1220. The molecule has 0 fully saturated rings. The van der Waals surface area contributed by atoms with Gasteiger partial charge in [-0.05, 0) is 48.0 Å². The Morgan fingerprint density at radius 3 is 2.62 bits per heavy atom. The van der Waals surface area contributed by atoms with Crippen molar-refractivity contribution in [2.75, 3.05) is 12.4 Å². The molecule has 0 unspecified atom stereocenters. The molecule has 4 aromatic rings. The number of carbonyl (C=O) groups is 1. The zero-order valence-corrected chi connectivity index (χ0v) is 17.8. The molecule has 0 saturated heterocycles. The number of halogens is 2. The molecule has 32 heavy (non-hydrogen) atoms. The first-order valence-corrected chi connectivity index (χ1v) is 9.97. The molecule has 0 aliphatic heterocycles. The molecule has 164 valence electrons. The Kier molecular flexibility index (Phi) is 6.37. The van der Waals surface area contributed by atoms with Crippen molar-refractivity contribution in [1.29, 1.82) is 0 Å². The Morgan fingerprint density at radius 1 is 1.09 bits per heavy atom. The lowest BCUT2D eigenvalue weighted by Crippen LogP contribution is -2.15. The predicted octanol–water partition coefficient (Wildman–Crippen LogP) is 4.22. The van der Waals surface area contributed by atoms with Gasteiger partial charge in [0.1, 0.15) is 22.3 Å². The Hall–Kier alpha value is -3.85. The second-order valence-electron chi connectivity index (χ2n) is 6.80. The predicted molar refractivity (Wildman–Crippen MR) is 117 cm³/mol. The van der Waals surface area contributed by atoms with Crippen molar-refractivity contribution in [1.82, 2.24) is 19.6 Å². The van der Waals surface area contributed by atoms with Crippen LogP contribution < -0.4 is 14.8 Å². The molecule has 4 rings (SSSR count). The number of ether oxygens (including phenoxy) is 2. The van der Waals surface area contributed by atoms with Crippen molar-refractivity contribution in [3.8, 4) is 11.5 Å². The summed E-state index contributed by atoms with van der Waals surface area (Å²) in [6.45, 7) is 0.438. The van der Waals surface area contributed by atoms with Gasteiger partial charge in [0.05, 0.1) is 13.7 Å². The van der Waals surface area contributed by atoms with Crippen molar-refractivity contribution in [3.05, 3.63) is 89.1 Å². The van der Waals surface area contributed by atoms with Crippen molar-refractivity contribution < 1.29 is 18.7 Å². The molecule has 2 aromatic carbocycles. The van der Waals surface area contributed by atoms with Gasteiger partial charge in [-0.15, -0.1) is 0 Å². The van der Waals surface area contributed by atoms with Crippen LogP contribution in [-0.2, 0) is 13.3 Å². The first-order chi connectivity index (χ1) is 15.5. The summed E-state index contributed by atoms with van der Waals surface area (Å²) in [7, 11) is 1.59. The van der Waals surface area contributed by atoms with Gasteiger partial charge < -0.3 is 14.8 Å². The SMILES string of the molecule is COc1ccc(OCn2ccc(C(=O)Nc3nn(Cc4cccc(F)c4)cc3Cl)n2)cc1. The Morgan fingerprint density at radius 2 is 1.88 bits per heavy atom. The van der Waals surface area contributed by atoms with Crippen LogP contribution in [0.4, 0.5) is 10.2 Å². The Labute approximate surface area is 188 Å². The molecule has 10 heteroatoms. The molecule has 0 saturated carbocycles. The van der Waals surface area contributed by atoms with Crippen LogP contribution >= 0.6 is 11.6 Å². The molecule has 0 aliphatic rings. The van der Waals surface area contributed by atoms with Crippen LogP contribution in [0.5, 0.6) is 11.5 Å². The van der Waals surface area contributed by atoms with E-state index < -0.39 is 5.91 Å². The number of benzene rings is 2. The van der Waals surface area contributed by atoms with E-state index >= 15 is 0 Å². The standard InChI is InChI=1S/C22H19ClFN5O3/c1-31-17-5-7-18(8-6-17)32-14-28-10-9-20(26-28)22(30)25-21-19(23)13-29(27-21)12-15-3-2-4-16(24)11-15/h2-11,13H,12,14H2,1H3,(H,25,27,30). The Balaban J connectivity index is 1.36. The molecular formula is C22H19ClFN5O3. The molecule has 2 aromatic heterocycles. The molecule has 0 radical (unpaired) electrons. The van der Waals surface area contributed by atoms with Gasteiger partial charge >= 0.3 is 0 Å². The summed E-state index contributed by atoms with van der Waals surface area (Å²) in [6.07, 6.45) is 3.19. The molecule has 1 amide bonds. The lowest BCUT2D eigenvalue weighted by atomic mass is 10.2. The van der Waals surface area contributed by atoms with E-state index in [4.69, 9.17) is 21.1 Å². The van der Waals surface area contributed by atoms with Gasteiger partial charge in [0.15, 0.2) is 18.2 Å². The fourth-order valence-corrected chi connectivity index (χ4v) is 3.12. The number of hydrogen-bond donors (Lipinski definition) is 1. The number of carbonyl (C=O) groups excluding carboxylic acids is 1. The van der Waals surface area contributed by atoms with E-state index in [2.05, 4.69) is 15.5 Å². The molecule has 0 spiro atoms. The van der Waals surface area contributed by atoms with E-state index in [1.165, 1.54) is 21.5 Å². The minimum Gasteiger partial charge on any atom is -0.497 e. The monoisotopic (exact) mass is 455 g/mol. The number of rotatable bonds is 8. The van der Waals surface area contributed by atoms with E-state index in [0.717, 1.165) is 11.3 Å². The van der Waals surface area contributed by atoms with E-state index in [-0.39, 0.29) is 29.1 Å².